The maximum absolute atomic E-state index is 10.8. The van der Waals surface area contributed by atoms with E-state index in [-0.39, 0.29) is 0 Å². The highest BCUT2D eigenvalue weighted by Crippen LogP contribution is 2.27. The Morgan fingerprint density at radius 2 is 2.21 bits per heavy atom. The number of hydrogen-bond donors (Lipinski definition) is 2. The van der Waals surface area contributed by atoms with Gasteiger partial charge in [-0.15, -0.1) is 23.1 Å². The lowest BCUT2D eigenvalue weighted by Gasteiger charge is -2.09. The van der Waals surface area contributed by atoms with E-state index in [1.54, 1.807) is 23.2 Å². The van der Waals surface area contributed by atoms with E-state index in [1.807, 2.05) is 18.2 Å². The number of hydrogen-bond acceptors (Lipinski definition) is 4. The molecule has 2 N–H and O–H groups in total. The number of para-hydroxylation sites is 1. The van der Waals surface area contributed by atoms with Crippen molar-refractivity contribution in [2.45, 2.75) is 18.4 Å². The molecule has 1 aromatic carbocycles. The number of nitrogens with one attached hydrogen (secondary N) is 1. The zero-order valence-corrected chi connectivity index (χ0v) is 12.2. The summed E-state index contributed by atoms with van der Waals surface area (Å²) in [4.78, 5) is 13.1. The standard InChI is InChI=1S/C14H15NO2S2/c1-2-18-13-6-4-3-5-12(13)15-8-11-7-10(9-19-11)14(16)17/h3-7,9,15H,2,8H2,1H3,(H,16,17). The summed E-state index contributed by atoms with van der Waals surface area (Å²) in [5, 5.41) is 13.9. The zero-order valence-electron chi connectivity index (χ0n) is 10.6. The van der Waals surface area contributed by atoms with E-state index >= 15 is 0 Å². The minimum absolute atomic E-state index is 0.359. The second-order valence-corrected chi connectivity index (χ2v) is 6.19. The Hall–Kier alpha value is -1.46. The van der Waals surface area contributed by atoms with Gasteiger partial charge in [0.25, 0.3) is 0 Å². The molecule has 0 atom stereocenters. The molecule has 0 radical (unpaired) electrons. The van der Waals surface area contributed by atoms with E-state index in [9.17, 15) is 4.79 Å². The Balaban J connectivity index is 2.03. The van der Waals surface area contributed by atoms with Crippen molar-refractivity contribution in [2.24, 2.45) is 0 Å². The van der Waals surface area contributed by atoms with Crippen molar-refractivity contribution in [2.75, 3.05) is 11.1 Å². The molecule has 0 aliphatic heterocycles. The summed E-state index contributed by atoms with van der Waals surface area (Å²) in [6, 6.07) is 9.88. The fourth-order valence-electron chi connectivity index (χ4n) is 1.66. The molecule has 0 saturated carbocycles. The molecule has 1 aromatic heterocycles. The molecule has 0 amide bonds. The Morgan fingerprint density at radius 3 is 2.89 bits per heavy atom. The van der Waals surface area contributed by atoms with Gasteiger partial charge in [-0.25, -0.2) is 4.79 Å². The van der Waals surface area contributed by atoms with E-state index in [0.29, 0.717) is 12.1 Å². The molecule has 2 rings (SSSR count). The smallest absolute Gasteiger partial charge is 0.336 e. The van der Waals surface area contributed by atoms with Gasteiger partial charge in [0.05, 0.1) is 5.56 Å². The fraction of sp³-hybridized carbons (Fsp3) is 0.214. The minimum Gasteiger partial charge on any atom is -0.478 e. The molecule has 0 bridgehead atoms. The second-order valence-electron chi connectivity index (χ2n) is 3.89. The quantitative estimate of drug-likeness (QED) is 0.785. The number of anilines is 1. The van der Waals surface area contributed by atoms with E-state index in [4.69, 9.17) is 5.11 Å². The van der Waals surface area contributed by atoms with Gasteiger partial charge in [-0.05, 0) is 24.0 Å². The van der Waals surface area contributed by atoms with E-state index in [0.717, 1.165) is 16.3 Å². The number of thiophene rings is 1. The van der Waals surface area contributed by atoms with Gasteiger partial charge in [-0.2, -0.15) is 0 Å². The van der Waals surface area contributed by atoms with Crippen molar-refractivity contribution in [1.29, 1.82) is 0 Å². The molecule has 0 saturated heterocycles. The number of carboxylic acids is 1. The monoisotopic (exact) mass is 293 g/mol. The third kappa shape index (κ3) is 3.75. The number of carbonyl (C=O) groups is 1. The van der Waals surface area contributed by atoms with Crippen molar-refractivity contribution < 1.29 is 9.90 Å². The molecule has 100 valence electrons. The topological polar surface area (TPSA) is 49.3 Å². The summed E-state index contributed by atoms with van der Waals surface area (Å²) in [6.07, 6.45) is 0. The predicted molar refractivity (Wildman–Crippen MR) is 81.4 cm³/mol. The summed E-state index contributed by atoms with van der Waals surface area (Å²) >= 11 is 3.26. The Bertz CT molecular complexity index is 566. The molecule has 1 heterocycles. The Morgan fingerprint density at radius 1 is 1.42 bits per heavy atom. The highest BCUT2D eigenvalue weighted by molar-refractivity contribution is 7.99. The van der Waals surface area contributed by atoms with E-state index in [1.165, 1.54) is 16.2 Å². The van der Waals surface area contributed by atoms with Crippen molar-refractivity contribution in [3.8, 4) is 0 Å². The summed E-state index contributed by atoms with van der Waals surface area (Å²) in [5.41, 5.74) is 1.46. The van der Waals surface area contributed by atoms with Gasteiger partial charge in [0.15, 0.2) is 0 Å². The number of thioether (sulfide) groups is 1. The van der Waals surface area contributed by atoms with E-state index < -0.39 is 5.97 Å². The van der Waals surface area contributed by atoms with Crippen LogP contribution in [0.25, 0.3) is 0 Å². The van der Waals surface area contributed by atoms with Crippen molar-refractivity contribution in [3.63, 3.8) is 0 Å². The number of carboxylic acid groups (broad SMARTS) is 1. The van der Waals surface area contributed by atoms with Crippen LogP contribution in [-0.4, -0.2) is 16.8 Å². The molecular weight excluding hydrogens is 278 g/mol. The van der Waals surface area contributed by atoms with Gasteiger partial charge in [0.2, 0.25) is 0 Å². The maximum Gasteiger partial charge on any atom is 0.336 e. The van der Waals surface area contributed by atoms with Gasteiger partial charge in [-0.3, -0.25) is 0 Å². The van der Waals surface area contributed by atoms with Crippen LogP contribution in [0.5, 0.6) is 0 Å². The highest BCUT2D eigenvalue weighted by atomic mass is 32.2. The van der Waals surface area contributed by atoms with Crippen molar-refractivity contribution >= 4 is 34.8 Å². The molecule has 2 aromatic rings. The molecule has 0 aliphatic rings. The van der Waals surface area contributed by atoms with Crippen LogP contribution >= 0.6 is 23.1 Å². The number of rotatable bonds is 6. The predicted octanol–water partition coefficient (Wildman–Crippen LogP) is 4.17. The van der Waals surface area contributed by atoms with Crippen molar-refractivity contribution in [3.05, 3.63) is 46.2 Å². The zero-order chi connectivity index (χ0) is 13.7. The summed E-state index contributed by atoms with van der Waals surface area (Å²) < 4.78 is 0. The van der Waals surface area contributed by atoms with Crippen LogP contribution in [0.15, 0.2) is 40.6 Å². The lowest BCUT2D eigenvalue weighted by Crippen LogP contribution is -1.99. The van der Waals surface area contributed by atoms with Gasteiger partial charge in [0, 0.05) is 27.4 Å². The molecule has 19 heavy (non-hydrogen) atoms. The number of aromatic carboxylic acids is 1. The first kappa shape index (κ1) is 14.0. The largest absolute Gasteiger partial charge is 0.478 e. The third-order valence-electron chi connectivity index (χ3n) is 2.54. The SMILES string of the molecule is CCSc1ccccc1NCc1cc(C(=O)O)cs1. The number of benzene rings is 1. The van der Waals surface area contributed by atoms with Crippen LogP contribution in [0.2, 0.25) is 0 Å². The van der Waals surface area contributed by atoms with Crippen LogP contribution < -0.4 is 5.32 Å². The first-order chi connectivity index (χ1) is 9.20. The van der Waals surface area contributed by atoms with Gasteiger partial charge < -0.3 is 10.4 Å². The molecule has 0 aliphatic carbocycles. The highest BCUT2D eigenvalue weighted by Gasteiger charge is 2.07. The van der Waals surface area contributed by atoms with Gasteiger partial charge in [0.1, 0.15) is 0 Å². The molecule has 5 heteroatoms. The fourth-order valence-corrected chi connectivity index (χ4v) is 3.24. The van der Waals surface area contributed by atoms with Gasteiger partial charge >= 0.3 is 5.97 Å². The van der Waals surface area contributed by atoms with Crippen LogP contribution in [0.1, 0.15) is 22.2 Å². The molecule has 3 nitrogen and oxygen atoms in total. The Labute approximate surface area is 120 Å². The second kappa shape index (κ2) is 6.63. The summed E-state index contributed by atoms with van der Waals surface area (Å²) in [6.45, 7) is 2.78. The van der Waals surface area contributed by atoms with Crippen LogP contribution in [0.3, 0.4) is 0 Å². The van der Waals surface area contributed by atoms with Crippen molar-refractivity contribution in [1.82, 2.24) is 0 Å². The minimum atomic E-state index is -0.871. The summed E-state index contributed by atoms with van der Waals surface area (Å²) in [7, 11) is 0. The van der Waals surface area contributed by atoms with Gasteiger partial charge in [-0.1, -0.05) is 19.1 Å². The molecule has 0 fully saturated rings. The first-order valence-corrected chi connectivity index (χ1v) is 7.83. The molecular formula is C14H15NO2S2. The first-order valence-electron chi connectivity index (χ1n) is 5.97. The van der Waals surface area contributed by atoms with Crippen LogP contribution in [0, 0.1) is 0 Å². The third-order valence-corrected chi connectivity index (χ3v) is 4.43. The molecule has 0 spiro atoms. The average molecular weight is 293 g/mol. The van der Waals surface area contributed by atoms with Crippen LogP contribution in [0.4, 0.5) is 5.69 Å². The molecule has 0 unspecified atom stereocenters. The van der Waals surface area contributed by atoms with Crippen LogP contribution in [-0.2, 0) is 6.54 Å². The lowest BCUT2D eigenvalue weighted by atomic mass is 10.3. The van der Waals surface area contributed by atoms with E-state index in [2.05, 4.69) is 18.3 Å². The maximum atomic E-state index is 10.8. The summed E-state index contributed by atoms with van der Waals surface area (Å²) in [5.74, 6) is 0.158. The Kier molecular flexibility index (Phi) is 4.87. The normalized spacial score (nSPS) is 10.4. The lowest BCUT2D eigenvalue weighted by molar-refractivity contribution is 0.0697. The average Bonchev–Trinajstić information content (AvgIpc) is 2.87.